The lowest BCUT2D eigenvalue weighted by Gasteiger charge is -2.67. The lowest BCUT2D eigenvalue weighted by molar-refractivity contribution is -0.233. The van der Waals surface area contributed by atoms with Gasteiger partial charge in [0.2, 0.25) is 0 Å². The van der Waals surface area contributed by atoms with Crippen molar-refractivity contribution in [1.29, 1.82) is 0 Å². The number of rotatable bonds is 3. The summed E-state index contributed by atoms with van der Waals surface area (Å²) in [6.45, 7) is 10.9. The van der Waals surface area contributed by atoms with Crippen molar-refractivity contribution in [3.8, 4) is 0 Å². The molecule has 3 fully saturated rings. The molecular weight excluding hydrogens is 264 g/mol. The molecular formula is C17H32N2O2. The molecule has 0 spiro atoms. The molecule has 122 valence electrons. The van der Waals surface area contributed by atoms with Crippen molar-refractivity contribution in [2.75, 3.05) is 33.4 Å². The van der Waals surface area contributed by atoms with E-state index in [1.807, 2.05) is 7.11 Å². The van der Waals surface area contributed by atoms with Crippen LogP contribution in [0.5, 0.6) is 0 Å². The largest absolute Gasteiger partial charge is 0.380 e. The Morgan fingerprint density at radius 1 is 1.33 bits per heavy atom. The summed E-state index contributed by atoms with van der Waals surface area (Å²) >= 11 is 0. The number of hydrogen-bond donors (Lipinski definition) is 1. The standard InChI is InChI=1S/C17H32N2O2/c1-12-7-8-19(10-14(12)20-4)11-17(18)13-6-5-9-21-15(13)16(17,2)3/h12-15H,5-11,18H2,1-4H3. The average molecular weight is 296 g/mol. The van der Waals surface area contributed by atoms with Gasteiger partial charge in [0.25, 0.3) is 0 Å². The molecule has 4 heteroatoms. The predicted octanol–water partition coefficient (Wildman–Crippen LogP) is 1.88. The monoisotopic (exact) mass is 296 g/mol. The molecule has 0 aromatic rings. The number of methoxy groups -OCH3 is 1. The van der Waals surface area contributed by atoms with E-state index in [-0.39, 0.29) is 11.0 Å². The molecule has 4 nitrogen and oxygen atoms in total. The maximum atomic E-state index is 6.93. The lowest BCUT2D eigenvalue weighted by atomic mass is 9.46. The van der Waals surface area contributed by atoms with Gasteiger partial charge in [0.15, 0.2) is 0 Å². The molecule has 2 N–H and O–H groups in total. The second kappa shape index (κ2) is 5.48. The topological polar surface area (TPSA) is 47.7 Å². The first kappa shape index (κ1) is 15.7. The van der Waals surface area contributed by atoms with Crippen LogP contribution in [0.2, 0.25) is 0 Å². The van der Waals surface area contributed by atoms with E-state index >= 15 is 0 Å². The Morgan fingerprint density at radius 2 is 2.10 bits per heavy atom. The van der Waals surface area contributed by atoms with E-state index in [2.05, 4.69) is 25.7 Å². The van der Waals surface area contributed by atoms with Gasteiger partial charge in [-0.3, -0.25) is 4.90 Å². The van der Waals surface area contributed by atoms with Gasteiger partial charge in [-0.15, -0.1) is 0 Å². The highest BCUT2D eigenvalue weighted by atomic mass is 16.5. The minimum atomic E-state index is -0.114. The van der Waals surface area contributed by atoms with Gasteiger partial charge >= 0.3 is 0 Å². The molecule has 1 aliphatic carbocycles. The summed E-state index contributed by atoms with van der Waals surface area (Å²) < 4.78 is 11.7. The first-order chi connectivity index (χ1) is 9.90. The van der Waals surface area contributed by atoms with Crippen LogP contribution in [0.3, 0.4) is 0 Å². The van der Waals surface area contributed by atoms with Gasteiger partial charge in [-0.25, -0.2) is 0 Å². The Bertz CT molecular complexity index is 387. The second-order valence-corrected chi connectivity index (χ2v) is 8.08. The minimum absolute atomic E-state index is 0.0731. The van der Waals surface area contributed by atoms with E-state index in [0.29, 0.717) is 24.0 Å². The zero-order valence-corrected chi connectivity index (χ0v) is 14.1. The van der Waals surface area contributed by atoms with Crippen LogP contribution in [0.25, 0.3) is 0 Å². The number of nitrogens with zero attached hydrogens (tertiary/aromatic N) is 1. The molecule has 0 radical (unpaired) electrons. The third-order valence-electron chi connectivity index (χ3n) is 6.66. The Balaban J connectivity index is 1.68. The summed E-state index contributed by atoms with van der Waals surface area (Å²) in [5.41, 5.74) is 6.88. The van der Waals surface area contributed by atoms with Crippen molar-refractivity contribution in [3.63, 3.8) is 0 Å². The van der Waals surface area contributed by atoms with Crippen LogP contribution < -0.4 is 5.73 Å². The van der Waals surface area contributed by atoms with Crippen molar-refractivity contribution in [2.24, 2.45) is 23.0 Å². The number of nitrogens with two attached hydrogens (primary N) is 1. The lowest BCUT2D eigenvalue weighted by Crippen LogP contribution is -2.80. The van der Waals surface area contributed by atoms with Crippen molar-refractivity contribution in [1.82, 2.24) is 4.90 Å². The molecule has 0 aromatic heterocycles. The van der Waals surface area contributed by atoms with Crippen LogP contribution in [-0.4, -0.2) is 56.0 Å². The third kappa shape index (κ3) is 2.35. The van der Waals surface area contributed by atoms with E-state index in [1.165, 1.54) is 12.8 Å². The van der Waals surface area contributed by atoms with Gasteiger partial charge in [0.05, 0.1) is 12.2 Å². The Morgan fingerprint density at radius 3 is 2.81 bits per heavy atom. The highest BCUT2D eigenvalue weighted by Crippen LogP contribution is 2.57. The molecule has 3 rings (SSSR count). The summed E-state index contributed by atoms with van der Waals surface area (Å²) in [6.07, 6.45) is 4.30. The molecule has 0 bridgehead atoms. The van der Waals surface area contributed by atoms with Crippen molar-refractivity contribution in [2.45, 2.75) is 57.8 Å². The van der Waals surface area contributed by atoms with Crippen LogP contribution in [0.15, 0.2) is 0 Å². The Labute approximate surface area is 129 Å². The number of ether oxygens (including phenoxy) is 2. The van der Waals surface area contributed by atoms with Crippen LogP contribution in [0.4, 0.5) is 0 Å². The van der Waals surface area contributed by atoms with Gasteiger partial charge in [-0.05, 0) is 31.7 Å². The molecule has 2 heterocycles. The zero-order chi connectivity index (χ0) is 15.3. The molecule has 5 unspecified atom stereocenters. The van der Waals surface area contributed by atoms with E-state index in [0.717, 1.165) is 32.7 Å². The summed E-state index contributed by atoms with van der Waals surface area (Å²) in [4.78, 5) is 2.53. The fourth-order valence-corrected chi connectivity index (χ4v) is 4.91. The third-order valence-corrected chi connectivity index (χ3v) is 6.66. The molecule has 21 heavy (non-hydrogen) atoms. The summed E-state index contributed by atoms with van der Waals surface area (Å²) in [5, 5.41) is 0. The number of likely N-dealkylation sites (tertiary alicyclic amines) is 1. The highest BCUT2D eigenvalue weighted by Gasteiger charge is 2.66. The second-order valence-electron chi connectivity index (χ2n) is 8.08. The molecule has 2 aliphatic heterocycles. The SMILES string of the molecule is COC1CN(CC2(N)C3CCCOC3C2(C)C)CCC1C. The smallest absolute Gasteiger partial charge is 0.0724 e. The van der Waals surface area contributed by atoms with Gasteiger partial charge in [-0.2, -0.15) is 0 Å². The van der Waals surface area contributed by atoms with Crippen LogP contribution in [-0.2, 0) is 9.47 Å². The molecule has 5 atom stereocenters. The molecule has 2 saturated heterocycles. The van der Waals surface area contributed by atoms with E-state index in [4.69, 9.17) is 15.2 Å². The molecule has 0 amide bonds. The van der Waals surface area contributed by atoms with Gasteiger partial charge < -0.3 is 15.2 Å². The maximum Gasteiger partial charge on any atom is 0.0724 e. The number of piperidine rings is 1. The minimum Gasteiger partial charge on any atom is -0.380 e. The summed E-state index contributed by atoms with van der Waals surface area (Å²) in [6, 6.07) is 0. The summed E-state index contributed by atoms with van der Waals surface area (Å²) in [5.74, 6) is 1.18. The quantitative estimate of drug-likeness (QED) is 0.864. The average Bonchev–Trinajstić information content (AvgIpc) is 2.49. The highest BCUT2D eigenvalue weighted by molar-refractivity contribution is 5.21. The number of fused-ring (bicyclic) bond motifs is 1. The normalized spacial score (nSPS) is 46.7. The van der Waals surface area contributed by atoms with Crippen molar-refractivity contribution in [3.05, 3.63) is 0 Å². The predicted molar refractivity (Wildman–Crippen MR) is 84.2 cm³/mol. The number of hydrogen-bond acceptors (Lipinski definition) is 4. The van der Waals surface area contributed by atoms with Gasteiger partial charge in [0, 0.05) is 43.7 Å². The molecule has 0 aromatic carbocycles. The van der Waals surface area contributed by atoms with E-state index < -0.39 is 0 Å². The van der Waals surface area contributed by atoms with Crippen molar-refractivity contribution >= 4 is 0 Å². The molecule has 1 saturated carbocycles. The Kier molecular flexibility index (Phi) is 4.11. The van der Waals surface area contributed by atoms with E-state index in [1.54, 1.807) is 0 Å². The first-order valence-electron chi connectivity index (χ1n) is 8.56. The maximum absolute atomic E-state index is 6.93. The van der Waals surface area contributed by atoms with Crippen molar-refractivity contribution < 1.29 is 9.47 Å². The van der Waals surface area contributed by atoms with Gasteiger partial charge in [0.1, 0.15) is 0 Å². The van der Waals surface area contributed by atoms with E-state index in [9.17, 15) is 0 Å². The van der Waals surface area contributed by atoms with Crippen LogP contribution in [0, 0.1) is 17.3 Å². The summed E-state index contributed by atoms with van der Waals surface area (Å²) in [7, 11) is 1.83. The Hall–Kier alpha value is -0.160. The van der Waals surface area contributed by atoms with Gasteiger partial charge in [-0.1, -0.05) is 20.8 Å². The van der Waals surface area contributed by atoms with Crippen LogP contribution in [0.1, 0.15) is 40.0 Å². The van der Waals surface area contributed by atoms with Crippen LogP contribution >= 0.6 is 0 Å². The molecule has 3 aliphatic rings. The zero-order valence-electron chi connectivity index (χ0n) is 14.1. The first-order valence-corrected chi connectivity index (χ1v) is 8.56. The fourth-order valence-electron chi connectivity index (χ4n) is 4.91. The fraction of sp³-hybridized carbons (Fsp3) is 1.00.